The molecular weight excluding hydrogens is 288 g/mol. The third-order valence-electron chi connectivity index (χ3n) is 4.01. The third kappa shape index (κ3) is 3.48. The van der Waals surface area contributed by atoms with Crippen LogP contribution in [0.1, 0.15) is 27.3 Å². The molecule has 0 radical (unpaired) electrons. The number of nitrogens with zero attached hydrogens (tertiary/aromatic N) is 2. The van der Waals surface area contributed by atoms with E-state index in [2.05, 4.69) is 40.6 Å². The van der Waals surface area contributed by atoms with Crippen molar-refractivity contribution >= 4 is 5.97 Å². The minimum Gasteiger partial charge on any atom is -0.478 e. The number of imidazole rings is 1. The number of hydrogen-bond acceptors (Lipinski definition) is 1. The largest absolute Gasteiger partial charge is 0.478 e. The van der Waals surface area contributed by atoms with Crippen molar-refractivity contribution in [2.45, 2.75) is 20.0 Å². The fourth-order valence-electron chi connectivity index (χ4n) is 2.61. The quantitative estimate of drug-likeness (QED) is 0.737. The van der Waals surface area contributed by atoms with Crippen LogP contribution in [0.5, 0.6) is 0 Å². The number of rotatable bonds is 5. The highest BCUT2D eigenvalue weighted by Crippen LogP contribution is 2.08. The zero-order valence-electron chi connectivity index (χ0n) is 13.0. The summed E-state index contributed by atoms with van der Waals surface area (Å²) in [5, 5.41) is 8.94. The summed E-state index contributed by atoms with van der Waals surface area (Å²) in [6.07, 6.45) is 4.14. The van der Waals surface area contributed by atoms with E-state index in [0.717, 1.165) is 24.5 Å². The van der Waals surface area contributed by atoms with E-state index in [1.807, 2.05) is 30.3 Å². The fourth-order valence-corrected chi connectivity index (χ4v) is 2.61. The zero-order valence-corrected chi connectivity index (χ0v) is 13.0. The molecule has 0 atom stereocenters. The molecule has 0 bridgehead atoms. The second kappa shape index (κ2) is 6.48. The molecule has 0 unspecified atom stereocenters. The number of carbonyl (C=O) groups is 1. The molecule has 23 heavy (non-hydrogen) atoms. The van der Waals surface area contributed by atoms with Gasteiger partial charge in [0.25, 0.3) is 5.82 Å². The Morgan fingerprint density at radius 2 is 1.74 bits per heavy atom. The van der Waals surface area contributed by atoms with Crippen LogP contribution < -0.4 is 4.57 Å². The fraction of sp³-hybridized carbons (Fsp3) is 0.158. The van der Waals surface area contributed by atoms with Crippen molar-refractivity contribution in [3.8, 4) is 0 Å². The van der Waals surface area contributed by atoms with Crippen molar-refractivity contribution < 1.29 is 14.5 Å². The molecule has 0 saturated heterocycles. The van der Waals surface area contributed by atoms with Crippen molar-refractivity contribution in [1.29, 1.82) is 0 Å². The van der Waals surface area contributed by atoms with Crippen molar-refractivity contribution in [3.05, 3.63) is 89.5 Å². The summed E-state index contributed by atoms with van der Waals surface area (Å²) in [5.41, 5.74) is 2.67. The zero-order chi connectivity index (χ0) is 16.2. The van der Waals surface area contributed by atoms with Crippen LogP contribution in [0.25, 0.3) is 0 Å². The van der Waals surface area contributed by atoms with Crippen molar-refractivity contribution in [3.63, 3.8) is 0 Å². The van der Waals surface area contributed by atoms with Gasteiger partial charge in [-0.2, -0.15) is 0 Å². The van der Waals surface area contributed by atoms with Crippen LogP contribution >= 0.6 is 0 Å². The highest BCUT2D eigenvalue weighted by atomic mass is 16.4. The molecule has 0 saturated carbocycles. The molecule has 0 aliphatic carbocycles. The SMILES string of the molecule is Cc1n(Cc2ccc(C(=O)O)cc2)cc[n+]1Cc1ccccc1. The topological polar surface area (TPSA) is 46.1 Å². The number of carboxylic acid groups (broad SMARTS) is 1. The number of carboxylic acids is 1. The van der Waals surface area contributed by atoms with Crippen LogP contribution in [0.3, 0.4) is 0 Å². The number of hydrogen-bond donors (Lipinski definition) is 1. The Bertz CT molecular complexity index is 805. The second-order valence-corrected chi connectivity index (χ2v) is 5.59. The maximum atomic E-state index is 10.9. The van der Waals surface area contributed by atoms with E-state index in [-0.39, 0.29) is 0 Å². The van der Waals surface area contributed by atoms with Crippen LogP contribution in [0, 0.1) is 6.92 Å². The van der Waals surface area contributed by atoms with Gasteiger partial charge in [0.15, 0.2) is 0 Å². The Morgan fingerprint density at radius 1 is 1.04 bits per heavy atom. The van der Waals surface area contributed by atoms with Crippen LogP contribution in [-0.2, 0) is 13.1 Å². The number of aromatic nitrogens is 2. The minimum atomic E-state index is -0.894. The summed E-state index contributed by atoms with van der Waals surface area (Å²) < 4.78 is 4.37. The van der Waals surface area contributed by atoms with Gasteiger partial charge in [0.05, 0.1) is 5.56 Å². The van der Waals surface area contributed by atoms with Crippen LogP contribution in [-0.4, -0.2) is 15.6 Å². The van der Waals surface area contributed by atoms with Gasteiger partial charge in [0, 0.05) is 6.92 Å². The van der Waals surface area contributed by atoms with Gasteiger partial charge in [-0.1, -0.05) is 42.5 Å². The first kappa shape index (κ1) is 15.0. The molecule has 4 nitrogen and oxygen atoms in total. The van der Waals surface area contributed by atoms with E-state index in [0.29, 0.717) is 5.56 Å². The first-order valence-corrected chi connectivity index (χ1v) is 7.55. The molecular formula is C19H19N2O2+. The molecule has 3 aromatic rings. The van der Waals surface area contributed by atoms with Gasteiger partial charge in [-0.15, -0.1) is 0 Å². The Hall–Kier alpha value is -2.88. The lowest BCUT2D eigenvalue weighted by Crippen LogP contribution is -2.36. The summed E-state index contributed by atoms with van der Waals surface area (Å²) in [6.45, 7) is 3.67. The van der Waals surface area contributed by atoms with E-state index >= 15 is 0 Å². The van der Waals surface area contributed by atoms with Crippen LogP contribution in [0.2, 0.25) is 0 Å². The normalized spacial score (nSPS) is 10.7. The summed E-state index contributed by atoms with van der Waals surface area (Å²) in [6, 6.07) is 17.4. The van der Waals surface area contributed by atoms with Gasteiger partial charge in [-0.05, 0) is 23.3 Å². The molecule has 0 amide bonds. The minimum absolute atomic E-state index is 0.317. The highest BCUT2D eigenvalue weighted by molar-refractivity contribution is 5.87. The van der Waals surface area contributed by atoms with Gasteiger partial charge >= 0.3 is 5.97 Å². The second-order valence-electron chi connectivity index (χ2n) is 5.59. The number of aromatic carboxylic acids is 1. The number of benzene rings is 2. The Balaban J connectivity index is 1.75. The molecule has 3 rings (SSSR count). The maximum Gasteiger partial charge on any atom is 0.335 e. The third-order valence-corrected chi connectivity index (χ3v) is 4.01. The van der Waals surface area contributed by atoms with E-state index in [1.54, 1.807) is 12.1 Å². The smallest absolute Gasteiger partial charge is 0.335 e. The predicted molar refractivity (Wildman–Crippen MR) is 87.4 cm³/mol. The van der Waals surface area contributed by atoms with Crippen molar-refractivity contribution in [1.82, 2.24) is 4.57 Å². The average Bonchev–Trinajstić information content (AvgIpc) is 2.90. The summed E-state index contributed by atoms with van der Waals surface area (Å²) in [5.74, 6) is 0.269. The van der Waals surface area contributed by atoms with E-state index in [9.17, 15) is 4.79 Å². The predicted octanol–water partition coefficient (Wildman–Crippen LogP) is 2.88. The summed E-state index contributed by atoms with van der Waals surface area (Å²) >= 11 is 0. The lowest BCUT2D eigenvalue weighted by Gasteiger charge is -2.03. The van der Waals surface area contributed by atoms with Gasteiger partial charge in [-0.25, -0.2) is 13.9 Å². The lowest BCUT2D eigenvalue weighted by atomic mass is 10.1. The molecule has 1 N–H and O–H groups in total. The van der Waals surface area contributed by atoms with Crippen molar-refractivity contribution in [2.24, 2.45) is 0 Å². The molecule has 0 aliphatic rings. The summed E-state index contributed by atoms with van der Waals surface area (Å²) in [4.78, 5) is 10.9. The van der Waals surface area contributed by atoms with E-state index in [4.69, 9.17) is 5.11 Å². The molecule has 0 spiro atoms. The molecule has 1 aromatic heterocycles. The van der Waals surface area contributed by atoms with Gasteiger partial charge in [0.2, 0.25) is 0 Å². The first-order chi connectivity index (χ1) is 11.1. The molecule has 116 valence electrons. The Morgan fingerprint density at radius 3 is 2.39 bits per heavy atom. The highest BCUT2D eigenvalue weighted by Gasteiger charge is 2.13. The maximum absolute atomic E-state index is 10.9. The Kier molecular flexibility index (Phi) is 4.24. The van der Waals surface area contributed by atoms with E-state index in [1.165, 1.54) is 5.56 Å². The molecule has 1 heterocycles. The van der Waals surface area contributed by atoms with Crippen molar-refractivity contribution in [2.75, 3.05) is 0 Å². The first-order valence-electron chi connectivity index (χ1n) is 7.55. The molecule has 0 fully saturated rings. The molecule has 2 aromatic carbocycles. The lowest BCUT2D eigenvalue weighted by molar-refractivity contribution is -0.693. The summed E-state index contributed by atoms with van der Waals surface area (Å²) in [7, 11) is 0. The Labute approximate surface area is 135 Å². The standard InChI is InChI=1S/C19H18N2O2/c1-15-20(13-16-5-3-2-4-6-16)11-12-21(15)14-17-7-9-18(10-8-17)19(22)23/h2-12H,13-14H2,1H3/p+1. The van der Waals surface area contributed by atoms with E-state index < -0.39 is 5.97 Å². The average molecular weight is 307 g/mol. The molecule has 4 heteroatoms. The van der Waals surface area contributed by atoms with Crippen LogP contribution in [0.15, 0.2) is 67.0 Å². The van der Waals surface area contributed by atoms with Crippen LogP contribution in [0.4, 0.5) is 0 Å². The monoisotopic (exact) mass is 307 g/mol. The van der Waals surface area contributed by atoms with Gasteiger partial charge < -0.3 is 5.11 Å². The molecule has 0 aliphatic heterocycles. The van der Waals surface area contributed by atoms with Gasteiger partial charge in [-0.3, -0.25) is 0 Å². The van der Waals surface area contributed by atoms with Gasteiger partial charge in [0.1, 0.15) is 25.5 Å².